The molecule has 0 fully saturated rings. The van der Waals surface area contributed by atoms with Gasteiger partial charge in [-0.1, -0.05) is 13.0 Å². The minimum atomic E-state index is -4.42. The second kappa shape index (κ2) is 4.85. The first-order valence-corrected chi connectivity index (χ1v) is 6.09. The van der Waals surface area contributed by atoms with Gasteiger partial charge in [0.2, 0.25) is 0 Å². The highest BCUT2D eigenvalue weighted by molar-refractivity contribution is 5.85. The predicted molar refractivity (Wildman–Crippen MR) is 68.6 cm³/mol. The van der Waals surface area contributed by atoms with Gasteiger partial charge >= 0.3 is 12.1 Å². The van der Waals surface area contributed by atoms with Crippen LogP contribution in [0.1, 0.15) is 30.5 Å². The van der Waals surface area contributed by atoms with Crippen LogP contribution >= 0.6 is 0 Å². The Morgan fingerprint density at radius 3 is 2.60 bits per heavy atom. The summed E-state index contributed by atoms with van der Waals surface area (Å²) in [5, 5.41) is 8.91. The number of hydrogen-bond donors (Lipinski definition) is 1. The molecule has 0 spiro atoms. The number of alkyl halides is 3. The topological polar surface area (TPSA) is 42.2 Å². The van der Waals surface area contributed by atoms with Crippen LogP contribution in [0.5, 0.6) is 0 Å². The zero-order chi connectivity index (χ0) is 15.1. The van der Waals surface area contributed by atoms with Crippen molar-refractivity contribution < 1.29 is 23.1 Å². The van der Waals surface area contributed by atoms with Gasteiger partial charge in [-0.15, -0.1) is 0 Å². The first-order valence-electron chi connectivity index (χ1n) is 6.09. The van der Waals surface area contributed by atoms with E-state index in [1.165, 1.54) is 12.1 Å². The molecule has 108 valence electrons. The molecule has 1 heterocycles. The molecule has 0 saturated heterocycles. The lowest BCUT2D eigenvalue weighted by Crippen LogP contribution is -2.06. The molecule has 1 aromatic heterocycles. The molecule has 1 aromatic carbocycles. The average molecular weight is 285 g/mol. The first-order chi connectivity index (χ1) is 9.21. The summed E-state index contributed by atoms with van der Waals surface area (Å²) >= 11 is 0. The summed E-state index contributed by atoms with van der Waals surface area (Å²) in [6.07, 6.45) is -4.54. The van der Waals surface area contributed by atoms with Crippen molar-refractivity contribution in [2.75, 3.05) is 0 Å². The van der Waals surface area contributed by atoms with Gasteiger partial charge in [0, 0.05) is 29.6 Å². The van der Waals surface area contributed by atoms with Gasteiger partial charge in [0.05, 0.1) is 12.0 Å². The second-order valence-electron chi connectivity index (χ2n) is 4.86. The predicted octanol–water partition coefficient (Wildman–Crippen LogP) is 3.78. The van der Waals surface area contributed by atoms with E-state index in [9.17, 15) is 18.0 Å². The number of nitrogens with zero attached hydrogens (tertiary/aromatic N) is 1. The average Bonchev–Trinajstić information content (AvgIpc) is 2.65. The highest BCUT2D eigenvalue weighted by Gasteiger charge is 2.33. The van der Waals surface area contributed by atoms with E-state index in [1.807, 2.05) is 0 Å². The van der Waals surface area contributed by atoms with E-state index >= 15 is 0 Å². The molecule has 2 rings (SSSR count). The third kappa shape index (κ3) is 2.50. The molecule has 2 aromatic rings. The van der Waals surface area contributed by atoms with Crippen LogP contribution in [-0.2, 0) is 18.0 Å². The van der Waals surface area contributed by atoms with Crippen molar-refractivity contribution in [1.29, 1.82) is 0 Å². The third-order valence-corrected chi connectivity index (χ3v) is 3.42. The monoisotopic (exact) mass is 285 g/mol. The lowest BCUT2D eigenvalue weighted by Gasteiger charge is -2.10. The fraction of sp³-hybridized carbons (Fsp3) is 0.357. The van der Waals surface area contributed by atoms with Crippen LogP contribution in [-0.4, -0.2) is 15.6 Å². The summed E-state index contributed by atoms with van der Waals surface area (Å²) in [5.74, 6) is -1.33. The molecule has 0 aliphatic carbocycles. The molecular weight excluding hydrogens is 271 g/mol. The number of carboxylic acids is 1. The number of aliphatic carboxylic acids is 1. The van der Waals surface area contributed by atoms with Crippen LogP contribution in [0.3, 0.4) is 0 Å². The van der Waals surface area contributed by atoms with E-state index in [0.29, 0.717) is 11.2 Å². The quantitative estimate of drug-likeness (QED) is 0.932. The maximum atomic E-state index is 13.0. The van der Waals surface area contributed by atoms with E-state index < -0.39 is 17.7 Å². The van der Waals surface area contributed by atoms with Gasteiger partial charge in [0.1, 0.15) is 0 Å². The van der Waals surface area contributed by atoms with E-state index in [2.05, 4.69) is 0 Å². The molecule has 1 atom stereocenters. The van der Waals surface area contributed by atoms with Gasteiger partial charge in [0.25, 0.3) is 0 Å². The van der Waals surface area contributed by atoms with Gasteiger partial charge in [-0.2, -0.15) is 13.2 Å². The Morgan fingerprint density at radius 1 is 1.40 bits per heavy atom. The summed E-state index contributed by atoms with van der Waals surface area (Å²) in [5.41, 5.74) is 0.338. The Labute approximate surface area is 113 Å². The molecule has 6 heteroatoms. The Morgan fingerprint density at radius 2 is 2.05 bits per heavy atom. The van der Waals surface area contributed by atoms with Crippen molar-refractivity contribution in [2.45, 2.75) is 25.4 Å². The van der Waals surface area contributed by atoms with Crippen molar-refractivity contribution in [3.05, 3.63) is 35.5 Å². The summed E-state index contributed by atoms with van der Waals surface area (Å²) < 4.78 is 40.5. The molecule has 0 aliphatic rings. The molecule has 0 radical (unpaired) electrons. The number of carboxylic acid groups (broad SMARTS) is 1. The SMILES string of the molecule is CC(CC(=O)O)c1cc2c(C(F)(F)F)cccc2n1C. The number of halogens is 3. The van der Waals surface area contributed by atoms with Crippen molar-refractivity contribution in [3.63, 3.8) is 0 Å². The normalized spacial score (nSPS) is 13.7. The minimum Gasteiger partial charge on any atom is -0.481 e. The summed E-state index contributed by atoms with van der Waals surface area (Å²) in [6.45, 7) is 1.69. The van der Waals surface area contributed by atoms with Crippen molar-refractivity contribution in [3.8, 4) is 0 Å². The van der Waals surface area contributed by atoms with Crippen molar-refractivity contribution in [1.82, 2.24) is 4.57 Å². The van der Waals surface area contributed by atoms with E-state index in [-0.39, 0.29) is 17.7 Å². The number of aryl methyl sites for hydroxylation is 1. The Hall–Kier alpha value is -1.98. The molecule has 0 amide bonds. The molecule has 20 heavy (non-hydrogen) atoms. The van der Waals surface area contributed by atoms with E-state index in [4.69, 9.17) is 5.11 Å². The van der Waals surface area contributed by atoms with Gasteiger partial charge in [-0.25, -0.2) is 0 Å². The standard InChI is InChI=1S/C14H14F3NO2/c1-8(6-13(19)20)12-7-9-10(14(15,16)17)4-3-5-11(9)18(12)2/h3-5,7-8H,6H2,1-2H3,(H,19,20). The van der Waals surface area contributed by atoms with Crippen LogP contribution in [0.15, 0.2) is 24.3 Å². The number of fused-ring (bicyclic) bond motifs is 1. The molecule has 1 N–H and O–H groups in total. The maximum absolute atomic E-state index is 13.0. The summed E-state index contributed by atoms with van der Waals surface area (Å²) in [4.78, 5) is 10.7. The highest BCUT2D eigenvalue weighted by Crippen LogP contribution is 2.37. The molecule has 1 unspecified atom stereocenters. The van der Waals surface area contributed by atoms with Crippen LogP contribution in [0, 0.1) is 0 Å². The van der Waals surface area contributed by atoms with Gasteiger partial charge in [-0.05, 0) is 18.2 Å². The van der Waals surface area contributed by atoms with Crippen LogP contribution < -0.4 is 0 Å². The summed E-state index contributed by atoms with van der Waals surface area (Å²) in [6, 6.07) is 5.43. The van der Waals surface area contributed by atoms with Crippen LogP contribution in [0.4, 0.5) is 13.2 Å². The molecular formula is C14H14F3NO2. The van der Waals surface area contributed by atoms with Crippen molar-refractivity contribution in [2.24, 2.45) is 7.05 Å². The van der Waals surface area contributed by atoms with E-state index in [1.54, 1.807) is 24.6 Å². The minimum absolute atomic E-state index is 0.106. The van der Waals surface area contributed by atoms with Crippen molar-refractivity contribution >= 4 is 16.9 Å². The second-order valence-corrected chi connectivity index (χ2v) is 4.86. The van der Waals surface area contributed by atoms with Gasteiger partial charge in [-0.3, -0.25) is 4.79 Å². The Balaban J connectivity index is 2.60. The lowest BCUT2D eigenvalue weighted by molar-refractivity contribution is -0.138. The zero-order valence-corrected chi connectivity index (χ0v) is 11.0. The third-order valence-electron chi connectivity index (χ3n) is 3.42. The number of carbonyl (C=O) groups is 1. The number of aromatic nitrogens is 1. The molecule has 0 bridgehead atoms. The Kier molecular flexibility index (Phi) is 3.50. The fourth-order valence-corrected chi connectivity index (χ4v) is 2.47. The zero-order valence-electron chi connectivity index (χ0n) is 11.0. The smallest absolute Gasteiger partial charge is 0.417 e. The summed E-state index contributed by atoms with van der Waals surface area (Å²) in [7, 11) is 1.65. The Bertz CT molecular complexity index is 658. The maximum Gasteiger partial charge on any atom is 0.417 e. The largest absolute Gasteiger partial charge is 0.481 e. The van der Waals surface area contributed by atoms with Gasteiger partial charge in [0.15, 0.2) is 0 Å². The number of rotatable bonds is 3. The number of hydrogen-bond acceptors (Lipinski definition) is 1. The number of benzene rings is 1. The lowest BCUT2D eigenvalue weighted by atomic mass is 10.0. The molecule has 3 nitrogen and oxygen atoms in total. The molecule has 0 saturated carbocycles. The molecule has 0 aliphatic heterocycles. The highest BCUT2D eigenvalue weighted by atomic mass is 19.4. The first kappa shape index (κ1) is 14.4. The van der Waals surface area contributed by atoms with E-state index in [0.717, 1.165) is 6.07 Å². The van der Waals surface area contributed by atoms with Crippen LogP contribution in [0.25, 0.3) is 10.9 Å². The van der Waals surface area contributed by atoms with Crippen LogP contribution in [0.2, 0.25) is 0 Å². The fourth-order valence-electron chi connectivity index (χ4n) is 2.47. The van der Waals surface area contributed by atoms with Gasteiger partial charge < -0.3 is 9.67 Å².